The second kappa shape index (κ2) is 14.1. The SMILES string of the molecule is CN=C(NCc1cccc(OC)c1OC)NCC(C)COCc1ccccc1.I. The summed E-state index contributed by atoms with van der Waals surface area (Å²) in [7, 11) is 5.04. The van der Waals surface area contributed by atoms with Crippen molar-refractivity contribution >= 4 is 29.9 Å². The molecule has 0 heterocycles. The van der Waals surface area contributed by atoms with Gasteiger partial charge in [-0.15, -0.1) is 24.0 Å². The van der Waals surface area contributed by atoms with Crippen molar-refractivity contribution in [1.29, 1.82) is 0 Å². The second-order valence-electron chi connectivity index (χ2n) is 6.57. The molecule has 2 aromatic carbocycles. The Balaban J connectivity index is 0.00000420. The first-order chi connectivity index (χ1) is 13.7. The first-order valence-electron chi connectivity index (χ1n) is 9.44. The van der Waals surface area contributed by atoms with Gasteiger partial charge in [-0.2, -0.15) is 0 Å². The molecule has 2 aromatic rings. The molecule has 0 spiro atoms. The minimum Gasteiger partial charge on any atom is -0.493 e. The number of para-hydroxylation sites is 1. The number of halogens is 1. The number of nitrogens with zero attached hydrogens (tertiary/aromatic N) is 1. The highest BCUT2D eigenvalue weighted by Gasteiger charge is 2.10. The average molecular weight is 513 g/mol. The van der Waals surface area contributed by atoms with Gasteiger partial charge in [0.25, 0.3) is 0 Å². The number of methoxy groups -OCH3 is 2. The number of guanidine groups is 1. The Morgan fingerprint density at radius 1 is 1.00 bits per heavy atom. The molecule has 2 rings (SSSR count). The maximum absolute atomic E-state index is 5.80. The van der Waals surface area contributed by atoms with E-state index in [2.05, 4.69) is 34.7 Å². The van der Waals surface area contributed by atoms with Crippen molar-refractivity contribution in [2.24, 2.45) is 10.9 Å². The first-order valence-corrected chi connectivity index (χ1v) is 9.44. The number of hydrogen-bond acceptors (Lipinski definition) is 4. The van der Waals surface area contributed by atoms with E-state index in [1.54, 1.807) is 21.3 Å². The Morgan fingerprint density at radius 2 is 1.76 bits per heavy atom. The number of nitrogens with one attached hydrogen (secondary N) is 2. The molecule has 1 atom stereocenters. The van der Waals surface area contributed by atoms with Crippen molar-refractivity contribution in [1.82, 2.24) is 10.6 Å². The van der Waals surface area contributed by atoms with E-state index >= 15 is 0 Å². The van der Waals surface area contributed by atoms with Gasteiger partial charge in [-0.05, 0) is 17.5 Å². The van der Waals surface area contributed by atoms with Gasteiger partial charge in [0.2, 0.25) is 0 Å². The fraction of sp³-hybridized carbons (Fsp3) is 0.409. The summed E-state index contributed by atoms with van der Waals surface area (Å²) in [6.07, 6.45) is 0. The predicted octanol–water partition coefficient (Wildman–Crippen LogP) is 3.84. The van der Waals surface area contributed by atoms with Crippen LogP contribution in [0.15, 0.2) is 53.5 Å². The van der Waals surface area contributed by atoms with E-state index in [0.29, 0.717) is 31.4 Å². The highest BCUT2D eigenvalue weighted by Crippen LogP contribution is 2.30. The lowest BCUT2D eigenvalue weighted by Crippen LogP contribution is -2.39. The number of aliphatic imine (C=N–C) groups is 1. The maximum Gasteiger partial charge on any atom is 0.191 e. The second-order valence-corrected chi connectivity index (χ2v) is 6.57. The van der Waals surface area contributed by atoms with Gasteiger partial charge in [-0.1, -0.05) is 49.4 Å². The molecule has 0 aliphatic rings. The molecular weight excluding hydrogens is 481 g/mol. The fourth-order valence-corrected chi connectivity index (χ4v) is 2.77. The zero-order valence-corrected chi connectivity index (χ0v) is 19.9. The molecule has 6 nitrogen and oxygen atoms in total. The number of benzene rings is 2. The van der Waals surface area contributed by atoms with Gasteiger partial charge in [0, 0.05) is 25.7 Å². The van der Waals surface area contributed by atoms with E-state index < -0.39 is 0 Å². The van der Waals surface area contributed by atoms with Crippen LogP contribution >= 0.6 is 24.0 Å². The van der Waals surface area contributed by atoms with E-state index in [-0.39, 0.29) is 24.0 Å². The van der Waals surface area contributed by atoms with E-state index in [4.69, 9.17) is 14.2 Å². The van der Waals surface area contributed by atoms with Crippen LogP contribution in [0.3, 0.4) is 0 Å². The summed E-state index contributed by atoms with van der Waals surface area (Å²) >= 11 is 0. The van der Waals surface area contributed by atoms with Crippen LogP contribution in [0.4, 0.5) is 0 Å². The molecule has 160 valence electrons. The highest BCUT2D eigenvalue weighted by molar-refractivity contribution is 14.0. The summed E-state index contributed by atoms with van der Waals surface area (Å²) in [5.41, 5.74) is 2.19. The van der Waals surface area contributed by atoms with Crippen LogP contribution < -0.4 is 20.1 Å². The number of ether oxygens (including phenoxy) is 3. The monoisotopic (exact) mass is 513 g/mol. The summed E-state index contributed by atoms with van der Waals surface area (Å²) in [4.78, 5) is 4.28. The zero-order chi connectivity index (χ0) is 20.2. The largest absolute Gasteiger partial charge is 0.493 e. The molecule has 1 unspecified atom stereocenters. The standard InChI is InChI=1S/C22H31N3O3.HI/c1-17(15-28-16-18-9-6-5-7-10-18)13-24-22(23-2)25-14-19-11-8-12-20(26-3)21(19)27-4;/h5-12,17H,13-16H2,1-4H3,(H2,23,24,25);1H. The van der Waals surface area contributed by atoms with Crippen molar-refractivity contribution in [3.63, 3.8) is 0 Å². The molecule has 0 amide bonds. The van der Waals surface area contributed by atoms with Crippen LogP contribution in [0.25, 0.3) is 0 Å². The van der Waals surface area contributed by atoms with Crippen molar-refractivity contribution in [3.8, 4) is 11.5 Å². The lowest BCUT2D eigenvalue weighted by molar-refractivity contribution is 0.0931. The molecule has 0 radical (unpaired) electrons. The van der Waals surface area contributed by atoms with Crippen molar-refractivity contribution in [2.75, 3.05) is 34.4 Å². The van der Waals surface area contributed by atoms with Gasteiger partial charge in [0.1, 0.15) is 0 Å². The molecule has 0 saturated carbocycles. The van der Waals surface area contributed by atoms with Crippen molar-refractivity contribution in [2.45, 2.75) is 20.1 Å². The Morgan fingerprint density at radius 3 is 2.41 bits per heavy atom. The Bertz CT molecular complexity index is 741. The first kappa shape index (κ1) is 25.0. The van der Waals surface area contributed by atoms with Crippen molar-refractivity contribution in [3.05, 3.63) is 59.7 Å². The Kier molecular flexibility index (Phi) is 12.1. The van der Waals surface area contributed by atoms with Crippen LogP contribution in [0.1, 0.15) is 18.1 Å². The van der Waals surface area contributed by atoms with Crippen LogP contribution in [0.5, 0.6) is 11.5 Å². The fourth-order valence-electron chi connectivity index (χ4n) is 2.77. The summed E-state index contributed by atoms with van der Waals surface area (Å²) < 4.78 is 16.6. The summed E-state index contributed by atoms with van der Waals surface area (Å²) in [5.74, 6) is 2.54. The maximum atomic E-state index is 5.80. The topological polar surface area (TPSA) is 64.1 Å². The lowest BCUT2D eigenvalue weighted by Gasteiger charge is -2.17. The van der Waals surface area contributed by atoms with Gasteiger partial charge in [-0.3, -0.25) is 4.99 Å². The molecule has 0 saturated heterocycles. The third-order valence-corrected chi connectivity index (χ3v) is 4.29. The molecule has 0 bridgehead atoms. The quantitative estimate of drug-likeness (QED) is 0.287. The molecular formula is C22H32IN3O3. The highest BCUT2D eigenvalue weighted by atomic mass is 127. The summed E-state index contributed by atoms with van der Waals surface area (Å²) in [5, 5.41) is 6.65. The Hall–Kier alpha value is -2.00. The third-order valence-electron chi connectivity index (χ3n) is 4.29. The normalized spacial score (nSPS) is 11.9. The van der Waals surface area contributed by atoms with Crippen LogP contribution in [0.2, 0.25) is 0 Å². The van der Waals surface area contributed by atoms with Gasteiger partial charge in [0.15, 0.2) is 17.5 Å². The van der Waals surface area contributed by atoms with Gasteiger partial charge in [-0.25, -0.2) is 0 Å². The van der Waals surface area contributed by atoms with E-state index in [1.807, 2.05) is 36.4 Å². The van der Waals surface area contributed by atoms with Gasteiger partial charge < -0.3 is 24.8 Å². The molecule has 29 heavy (non-hydrogen) atoms. The van der Waals surface area contributed by atoms with Gasteiger partial charge >= 0.3 is 0 Å². The van der Waals surface area contributed by atoms with Gasteiger partial charge in [0.05, 0.1) is 27.4 Å². The lowest BCUT2D eigenvalue weighted by atomic mass is 10.2. The molecule has 0 aromatic heterocycles. The summed E-state index contributed by atoms with van der Waals surface area (Å²) in [6.45, 7) is 4.81. The summed E-state index contributed by atoms with van der Waals surface area (Å²) in [6, 6.07) is 16.0. The van der Waals surface area contributed by atoms with E-state index in [1.165, 1.54) is 5.56 Å². The smallest absolute Gasteiger partial charge is 0.191 e. The third kappa shape index (κ3) is 8.49. The average Bonchev–Trinajstić information content (AvgIpc) is 2.74. The van der Waals surface area contributed by atoms with E-state index in [0.717, 1.165) is 23.8 Å². The van der Waals surface area contributed by atoms with Crippen LogP contribution in [0, 0.1) is 5.92 Å². The minimum atomic E-state index is 0. The number of hydrogen-bond donors (Lipinski definition) is 2. The van der Waals surface area contributed by atoms with Crippen LogP contribution in [-0.2, 0) is 17.9 Å². The Labute approximate surface area is 191 Å². The van der Waals surface area contributed by atoms with Crippen LogP contribution in [-0.4, -0.2) is 40.4 Å². The van der Waals surface area contributed by atoms with Crippen molar-refractivity contribution < 1.29 is 14.2 Å². The molecule has 0 fully saturated rings. The number of rotatable bonds is 10. The molecule has 7 heteroatoms. The molecule has 2 N–H and O–H groups in total. The minimum absolute atomic E-state index is 0. The van der Waals surface area contributed by atoms with E-state index in [9.17, 15) is 0 Å². The predicted molar refractivity (Wildman–Crippen MR) is 128 cm³/mol. The molecule has 0 aliphatic carbocycles. The molecule has 0 aliphatic heterocycles. The zero-order valence-electron chi connectivity index (χ0n) is 17.6.